The van der Waals surface area contributed by atoms with E-state index in [0.717, 1.165) is 36.3 Å². The van der Waals surface area contributed by atoms with Gasteiger partial charge < -0.3 is 14.8 Å². The Morgan fingerprint density at radius 2 is 1.65 bits per heavy atom. The van der Waals surface area contributed by atoms with Crippen molar-refractivity contribution in [2.24, 2.45) is 0 Å². The van der Waals surface area contributed by atoms with Crippen LogP contribution in [0.1, 0.15) is 23.1 Å². The minimum Gasteiger partial charge on any atom is -0.385 e. The number of methoxy groups -OCH3 is 2. The molecule has 0 spiro atoms. The van der Waals surface area contributed by atoms with Crippen LogP contribution in [0.3, 0.4) is 0 Å². The van der Waals surface area contributed by atoms with Gasteiger partial charge in [0.1, 0.15) is 0 Å². The molecule has 0 saturated heterocycles. The Balaban J connectivity index is 2.64. The first-order valence-electron chi connectivity index (χ1n) is 8.05. The number of carbonyl (C=O) groups is 1. The lowest BCUT2D eigenvalue weighted by Gasteiger charge is -2.22. The van der Waals surface area contributed by atoms with E-state index in [1.165, 1.54) is 5.56 Å². The van der Waals surface area contributed by atoms with Crippen LogP contribution in [-0.2, 0) is 14.3 Å². The van der Waals surface area contributed by atoms with Gasteiger partial charge in [0.25, 0.3) is 0 Å². The molecule has 5 nitrogen and oxygen atoms in total. The van der Waals surface area contributed by atoms with Crippen molar-refractivity contribution in [2.45, 2.75) is 27.2 Å². The van der Waals surface area contributed by atoms with Gasteiger partial charge >= 0.3 is 0 Å². The van der Waals surface area contributed by atoms with Crippen molar-refractivity contribution in [3.05, 3.63) is 28.8 Å². The van der Waals surface area contributed by atoms with E-state index in [2.05, 4.69) is 29.3 Å². The second-order valence-electron chi connectivity index (χ2n) is 5.94. The van der Waals surface area contributed by atoms with Crippen LogP contribution >= 0.6 is 0 Å². The van der Waals surface area contributed by atoms with Gasteiger partial charge in [-0.05, 0) is 38.3 Å². The number of hydrogen-bond acceptors (Lipinski definition) is 4. The molecule has 1 rings (SSSR count). The topological polar surface area (TPSA) is 50.8 Å². The molecule has 0 unspecified atom stereocenters. The maximum absolute atomic E-state index is 12.4. The van der Waals surface area contributed by atoms with Crippen LogP contribution in [0, 0.1) is 20.8 Å². The Hall–Kier alpha value is -1.43. The van der Waals surface area contributed by atoms with Gasteiger partial charge in [0.15, 0.2) is 0 Å². The van der Waals surface area contributed by atoms with E-state index in [1.807, 2.05) is 13.8 Å². The largest absolute Gasteiger partial charge is 0.385 e. The number of ether oxygens (including phenoxy) is 2. The molecule has 0 saturated carbocycles. The zero-order valence-electron chi connectivity index (χ0n) is 15.1. The van der Waals surface area contributed by atoms with E-state index >= 15 is 0 Å². The predicted molar refractivity (Wildman–Crippen MR) is 94.1 cm³/mol. The van der Waals surface area contributed by atoms with Gasteiger partial charge in [-0.3, -0.25) is 9.69 Å². The Morgan fingerprint density at radius 1 is 1.04 bits per heavy atom. The summed E-state index contributed by atoms with van der Waals surface area (Å²) in [5.41, 5.74) is 4.32. The molecule has 0 aliphatic rings. The lowest BCUT2D eigenvalue weighted by molar-refractivity contribution is -0.117. The Kier molecular flexibility index (Phi) is 8.84. The third-order valence-electron chi connectivity index (χ3n) is 3.74. The SMILES string of the molecule is COCCCN(CCOC)CC(=O)Nc1c(C)cc(C)cc1C. The number of amides is 1. The van der Waals surface area contributed by atoms with Gasteiger partial charge in [-0.15, -0.1) is 0 Å². The summed E-state index contributed by atoms with van der Waals surface area (Å²) in [7, 11) is 3.36. The fourth-order valence-electron chi connectivity index (χ4n) is 2.68. The van der Waals surface area contributed by atoms with Gasteiger partial charge in [0.2, 0.25) is 5.91 Å². The van der Waals surface area contributed by atoms with Crippen molar-refractivity contribution in [3.8, 4) is 0 Å². The molecule has 0 radical (unpaired) electrons. The monoisotopic (exact) mass is 322 g/mol. The van der Waals surface area contributed by atoms with Gasteiger partial charge in [-0.25, -0.2) is 0 Å². The molecule has 1 N–H and O–H groups in total. The van der Waals surface area contributed by atoms with Crippen LogP contribution in [0.4, 0.5) is 5.69 Å². The normalized spacial score (nSPS) is 11.0. The maximum atomic E-state index is 12.4. The van der Waals surface area contributed by atoms with Crippen molar-refractivity contribution in [1.29, 1.82) is 0 Å². The average molecular weight is 322 g/mol. The second kappa shape index (κ2) is 10.4. The number of nitrogens with one attached hydrogen (secondary N) is 1. The Labute approximate surface area is 140 Å². The Bertz CT molecular complexity index is 480. The molecule has 1 aromatic carbocycles. The van der Waals surface area contributed by atoms with Gasteiger partial charge in [-0.1, -0.05) is 17.7 Å². The molecule has 130 valence electrons. The standard InChI is InChI=1S/C18H30N2O3/c1-14-11-15(2)18(16(3)12-14)19-17(21)13-20(8-10-23-5)7-6-9-22-4/h11-12H,6-10,13H2,1-5H3,(H,19,21). The Morgan fingerprint density at radius 3 is 2.22 bits per heavy atom. The minimum atomic E-state index is 0.00794. The highest BCUT2D eigenvalue weighted by Crippen LogP contribution is 2.21. The van der Waals surface area contributed by atoms with Crippen LogP contribution in [-0.4, -0.2) is 57.9 Å². The summed E-state index contributed by atoms with van der Waals surface area (Å²) in [5, 5.41) is 3.05. The predicted octanol–water partition coefficient (Wildman–Crippen LogP) is 2.54. The fourth-order valence-corrected chi connectivity index (χ4v) is 2.68. The van der Waals surface area contributed by atoms with E-state index in [1.54, 1.807) is 14.2 Å². The van der Waals surface area contributed by atoms with Crippen molar-refractivity contribution >= 4 is 11.6 Å². The number of hydrogen-bond donors (Lipinski definition) is 1. The van der Waals surface area contributed by atoms with E-state index in [9.17, 15) is 4.79 Å². The molecule has 0 aliphatic carbocycles. The molecule has 0 aromatic heterocycles. The lowest BCUT2D eigenvalue weighted by atomic mass is 10.1. The second-order valence-corrected chi connectivity index (χ2v) is 5.94. The molecule has 0 bridgehead atoms. The zero-order chi connectivity index (χ0) is 17.2. The van der Waals surface area contributed by atoms with E-state index in [-0.39, 0.29) is 5.91 Å². The summed E-state index contributed by atoms with van der Waals surface area (Å²) >= 11 is 0. The third kappa shape index (κ3) is 7.12. The molecule has 0 aliphatic heterocycles. The number of aryl methyl sites for hydroxylation is 3. The van der Waals surface area contributed by atoms with Gasteiger partial charge in [-0.2, -0.15) is 0 Å². The van der Waals surface area contributed by atoms with Crippen molar-refractivity contribution in [2.75, 3.05) is 52.4 Å². The molecule has 1 aromatic rings. The first-order valence-corrected chi connectivity index (χ1v) is 8.05. The summed E-state index contributed by atoms with van der Waals surface area (Å²) in [6, 6.07) is 4.17. The fraction of sp³-hybridized carbons (Fsp3) is 0.611. The average Bonchev–Trinajstić information content (AvgIpc) is 2.48. The first kappa shape index (κ1) is 19.6. The molecular formula is C18H30N2O3. The summed E-state index contributed by atoms with van der Waals surface area (Å²) in [4.78, 5) is 14.5. The number of carbonyl (C=O) groups excluding carboxylic acids is 1. The van der Waals surface area contributed by atoms with Gasteiger partial charge in [0, 0.05) is 39.6 Å². The van der Waals surface area contributed by atoms with Crippen LogP contribution in [0.25, 0.3) is 0 Å². The number of anilines is 1. The molecule has 0 heterocycles. The summed E-state index contributed by atoms with van der Waals surface area (Å²) in [5.74, 6) is 0.00794. The summed E-state index contributed by atoms with van der Waals surface area (Å²) in [6.07, 6.45) is 0.899. The molecule has 0 atom stereocenters. The first-order chi connectivity index (χ1) is 11.0. The zero-order valence-corrected chi connectivity index (χ0v) is 15.1. The van der Waals surface area contributed by atoms with Crippen LogP contribution in [0.2, 0.25) is 0 Å². The molecule has 1 amide bonds. The smallest absolute Gasteiger partial charge is 0.238 e. The van der Waals surface area contributed by atoms with Crippen LogP contribution < -0.4 is 5.32 Å². The third-order valence-corrected chi connectivity index (χ3v) is 3.74. The van der Waals surface area contributed by atoms with Gasteiger partial charge in [0.05, 0.1) is 13.2 Å². The highest BCUT2D eigenvalue weighted by molar-refractivity contribution is 5.93. The number of nitrogens with zero attached hydrogens (tertiary/aromatic N) is 1. The van der Waals surface area contributed by atoms with Crippen molar-refractivity contribution in [1.82, 2.24) is 4.90 Å². The van der Waals surface area contributed by atoms with Crippen LogP contribution in [0.5, 0.6) is 0 Å². The van der Waals surface area contributed by atoms with E-state index < -0.39 is 0 Å². The van der Waals surface area contributed by atoms with E-state index in [4.69, 9.17) is 9.47 Å². The number of rotatable bonds is 10. The molecule has 0 fully saturated rings. The van der Waals surface area contributed by atoms with Crippen molar-refractivity contribution < 1.29 is 14.3 Å². The van der Waals surface area contributed by atoms with E-state index in [0.29, 0.717) is 19.8 Å². The lowest BCUT2D eigenvalue weighted by Crippen LogP contribution is -2.36. The maximum Gasteiger partial charge on any atom is 0.238 e. The highest BCUT2D eigenvalue weighted by Gasteiger charge is 2.13. The number of benzene rings is 1. The van der Waals surface area contributed by atoms with Crippen LogP contribution in [0.15, 0.2) is 12.1 Å². The minimum absolute atomic E-state index is 0.00794. The molecular weight excluding hydrogens is 292 g/mol. The highest BCUT2D eigenvalue weighted by atomic mass is 16.5. The summed E-state index contributed by atoms with van der Waals surface area (Å²) in [6.45, 7) is 9.33. The quantitative estimate of drug-likeness (QED) is 0.673. The summed E-state index contributed by atoms with van der Waals surface area (Å²) < 4.78 is 10.2. The van der Waals surface area contributed by atoms with Crippen molar-refractivity contribution in [3.63, 3.8) is 0 Å². The molecule has 5 heteroatoms. The molecule has 23 heavy (non-hydrogen) atoms.